The minimum Gasteiger partial charge on any atom is -0.340 e. The highest BCUT2D eigenvalue weighted by atomic mass is 16.2. The molecule has 1 aliphatic rings. The van der Waals surface area contributed by atoms with E-state index in [-0.39, 0.29) is 11.3 Å². The molecule has 0 spiro atoms. The van der Waals surface area contributed by atoms with Crippen LogP contribution in [0.3, 0.4) is 0 Å². The molecule has 112 valence electrons. The highest BCUT2D eigenvalue weighted by molar-refractivity contribution is 5.83. The largest absolute Gasteiger partial charge is 0.340 e. The summed E-state index contributed by atoms with van der Waals surface area (Å²) in [5, 5.41) is 0. The Bertz CT molecular complexity index is 273. The van der Waals surface area contributed by atoms with Gasteiger partial charge < -0.3 is 10.6 Å². The van der Waals surface area contributed by atoms with Crippen LogP contribution in [0.4, 0.5) is 0 Å². The van der Waals surface area contributed by atoms with Crippen molar-refractivity contribution >= 4 is 5.91 Å². The van der Waals surface area contributed by atoms with E-state index < -0.39 is 0 Å². The number of nitrogens with zero attached hydrogens (tertiary/aromatic N) is 2. The van der Waals surface area contributed by atoms with E-state index in [2.05, 4.69) is 32.6 Å². The molecule has 1 saturated heterocycles. The van der Waals surface area contributed by atoms with E-state index in [1.54, 1.807) is 0 Å². The maximum absolute atomic E-state index is 12.7. The smallest absolute Gasteiger partial charge is 0.230 e. The van der Waals surface area contributed by atoms with Crippen molar-refractivity contribution in [2.24, 2.45) is 11.1 Å². The Hall–Kier alpha value is -0.610. The number of hydrogen-bond acceptors (Lipinski definition) is 3. The Morgan fingerprint density at radius 2 is 1.68 bits per heavy atom. The molecule has 4 heteroatoms. The lowest BCUT2D eigenvalue weighted by Gasteiger charge is -2.42. The summed E-state index contributed by atoms with van der Waals surface area (Å²) in [4.78, 5) is 17.2. The van der Waals surface area contributed by atoms with Gasteiger partial charge in [0.1, 0.15) is 0 Å². The minimum absolute atomic E-state index is 0.267. The van der Waals surface area contributed by atoms with E-state index >= 15 is 0 Å². The quantitative estimate of drug-likeness (QED) is 0.798. The molecule has 0 saturated carbocycles. The fourth-order valence-corrected chi connectivity index (χ4v) is 2.89. The molecule has 1 fully saturated rings. The number of nitrogens with two attached hydrogens (primary N) is 1. The molecule has 19 heavy (non-hydrogen) atoms. The summed E-state index contributed by atoms with van der Waals surface area (Å²) >= 11 is 0. The molecule has 1 amide bonds. The van der Waals surface area contributed by atoms with Crippen LogP contribution >= 0.6 is 0 Å². The monoisotopic (exact) mass is 269 g/mol. The van der Waals surface area contributed by atoms with Gasteiger partial charge in [-0.15, -0.1) is 0 Å². The lowest BCUT2D eigenvalue weighted by atomic mass is 9.80. The third kappa shape index (κ3) is 3.48. The van der Waals surface area contributed by atoms with Gasteiger partial charge in [0.05, 0.1) is 5.41 Å². The molecular weight excluding hydrogens is 238 g/mol. The predicted molar refractivity (Wildman–Crippen MR) is 80.0 cm³/mol. The van der Waals surface area contributed by atoms with Gasteiger partial charge in [-0.3, -0.25) is 9.69 Å². The number of rotatable bonds is 6. The Balaban J connectivity index is 2.62. The van der Waals surface area contributed by atoms with Crippen LogP contribution in [0.2, 0.25) is 0 Å². The number of amides is 1. The molecule has 0 bridgehead atoms. The first-order valence-corrected chi connectivity index (χ1v) is 7.78. The lowest BCUT2D eigenvalue weighted by molar-refractivity contribution is -0.144. The van der Waals surface area contributed by atoms with Crippen LogP contribution in [0.1, 0.15) is 47.0 Å². The summed E-state index contributed by atoms with van der Waals surface area (Å²) in [6.07, 6.45) is 2.85. The van der Waals surface area contributed by atoms with Crippen LogP contribution in [0.5, 0.6) is 0 Å². The van der Waals surface area contributed by atoms with Gasteiger partial charge in [0.25, 0.3) is 0 Å². The minimum atomic E-state index is -0.335. The van der Waals surface area contributed by atoms with Gasteiger partial charge in [0, 0.05) is 38.8 Å². The summed E-state index contributed by atoms with van der Waals surface area (Å²) < 4.78 is 0. The summed E-state index contributed by atoms with van der Waals surface area (Å²) in [7, 11) is 0. The molecule has 0 aromatic rings. The van der Waals surface area contributed by atoms with Crippen molar-refractivity contribution in [3.05, 3.63) is 0 Å². The molecule has 1 rings (SSSR count). The standard InChI is InChI=1S/C15H31N3O/c1-5-13(4)17-8-10-18(11-9-17)14(19)15(6-2,7-3)12-16/h13H,5-12,16H2,1-4H3. The molecule has 4 nitrogen and oxygen atoms in total. The second-order valence-corrected chi connectivity index (χ2v) is 5.78. The third-order valence-electron chi connectivity index (χ3n) is 5.01. The Morgan fingerprint density at radius 1 is 1.16 bits per heavy atom. The van der Waals surface area contributed by atoms with E-state index in [1.807, 2.05) is 4.90 Å². The average Bonchev–Trinajstić information content (AvgIpc) is 2.48. The highest BCUT2D eigenvalue weighted by Crippen LogP contribution is 2.28. The van der Waals surface area contributed by atoms with Crippen LogP contribution < -0.4 is 5.73 Å². The predicted octanol–water partition coefficient (Wildman–Crippen LogP) is 1.69. The Labute approximate surface area is 118 Å². The van der Waals surface area contributed by atoms with E-state index in [0.29, 0.717) is 12.6 Å². The van der Waals surface area contributed by atoms with Crippen molar-refractivity contribution in [3.8, 4) is 0 Å². The summed E-state index contributed by atoms with van der Waals surface area (Å²) in [5.41, 5.74) is 5.54. The summed E-state index contributed by atoms with van der Waals surface area (Å²) in [6, 6.07) is 0.619. The first-order chi connectivity index (χ1) is 9.04. The zero-order valence-electron chi connectivity index (χ0n) is 13.1. The maximum atomic E-state index is 12.7. The van der Waals surface area contributed by atoms with Crippen molar-refractivity contribution in [1.29, 1.82) is 0 Å². The summed E-state index contributed by atoms with van der Waals surface area (Å²) in [6.45, 7) is 12.8. The second-order valence-electron chi connectivity index (χ2n) is 5.78. The average molecular weight is 269 g/mol. The molecule has 1 unspecified atom stereocenters. The maximum Gasteiger partial charge on any atom is 0.230 e. The third-order valence-corrected chi connectivity index (χ3v) is 5.01. The zero-order chi connectivity index (χ0) is 14.5. The first kappa shape index (κ1) is 16.4. The van der Waals surface area contributed by atoms with Crippen LogP contribution in [0.25, 0.3) is 0 Å². The van der Waals surface area contributed by atoms with Crippen molar-refractivity contribution < 1.29 is 4.79 Å². The summed E-state index contributed by atoms with van der Waals surface area (Å²) in [5.74, 6) is 0.267. The number of carbonyl (C=O) groups is 1. The van der Waals surface area contributed by atoms with Crippen molar-refractivity contribution in [1.82, 2.24) is 9.80 Å². The SMILES string of the molecule is CCC(C)N1CCN(C(=O)C(CC)(CC)CN)CC1. The van der Waals surface area contributed by atoms with Crippen molar-refractivity contribution in [2.45, 2.75) is 53.0 Å². The van der Waals surface area contributed by atoms with Crippen LogP contribution in [-0.4, -0.2) is 54.5 Å². The fraction of sp³-hybridized carbons (Fsp3) is 0.933. The molecule has 0 aliphatic carbocycles. The normalized spacial score (nSPS) is 19.5. The Morgan fingerprint density at radius 3 is 2.05 bits per heavy atom. The highest BCUT2D eigenvalue weighted by Gasteiger charge is 2.37. The van der Waals surface area contributed by atoms with Crippen molar-refractivity contribution in [2.75, 3.05) is 32.7 Å². The molecule has 0 radical (unpaired) electrons. The number of hydrogen-bond donors (Lipinski definition) is 1. The fourth-order valence-electron chi connectivity index (χ4n) is 2.89. The zero-order valence-corrected chi connectivity index (χ0v) is 13.1. The van der Waals surface area contributed by atoms with Gasteiger partial charge in [0.15, 0.2) is 0 Å². The van der Waals surface area contributed by atoms with Gasteiger partial charge in [-0.1, -0.05) is 20.8 Å². The molecule has 0 aromatic heterocycles. The second kappa shape index (κ2) is 7.25. The van der Waals surface area contributed by atoms with Gasteiger partial charge >= 0.3 is 0 Å². The van der Waals surface area contributed by atoms with E-state index in [9.17, 15) is 4.79 Å². The molecular formula is C15H31N3O. The van der Waals surface area contributed by atoms with Crippen molar-refractivity contribution in [3.63, 3.8) is 0 Å². The van der Waals surface area contributed by atoms with Crippen LogP contribution in [0, 0.1) is 5.41 Å². The Kier molecular flexibility index (Phi) is 6.27. The van der Waals surface area contributed by atoms with E-state index in [0.717, 1.165) is 39.0 Å². The molecule has 1 heterocycles. The van der Waals surface area contributed by atoms with Gasteiger partial charge in [-0.05, 0) is 26.2 Å². The van der Waals surface area contributed by atoms with Crippen LogP contribution in [-0.2, 0) is 4.79 Å². The lowest BCUT2D eigenvalue weighted by Crippen LogP contribution is -2.56. The molecule has 2 N–H and O–H groups in total. The van der Waals surface area contributed by atoms with Crippen LogP contribution in [0.15, 0.2) is 0 Å². The van der Waals surface area contributed by atoms with E-state index in [4.69, 9.17) is 5.73 Å². The topological polar surface area (TPSA) is 49.6 Å². The van der Waals surface area contributed by atoms with Gasteiger partial charge in [0.2, 0.25) is 5.91 Å². The van der Waals surface area contributed by atoms with E-state index in [1.165, 1.54) is 6.42 Å². The molecule has 0 aromatic carbocycles. The molecule has 1 atom stereocenters. The molecule has 1 aliphatic heterocycles. The number of piperazine rings is 1. The number of carbonyl (C=O) groups excluding carboxylic acids is 1. The van der Waals surface area contributed by atoms with Gasteiger partial charge in [-0.25, -0.2) is 0 Å². The first-order valence-electron chi connectivity index (χ1n) is 7.78. The van der Waals surface area contributed by atoms with Gasteiger partial charge in [-0.2, -0.15) is 0 Å².